The maximum atomic E-state index is 13.8. The second-order valence-corrected chi connectivity index (χ2v) is 9.84. The molecule has 0 amide bonds. The first kappa shape index (κ1) is 21.1. The van der Waals surface area contributed by atoms with Crippen molar-refractivity contribution in [2.45, 2.75) is 45.8 Å². The van der Waals surface area contributed by atoms with Crippen molar-refractivity contribution in [1.29, 1.82) is 0 Å². The van der Waals surface area contributed by atoms with Crippen molar-refractivity contribution in [3.8, 4) is 16.9 Å². The fourth-order valence-corrected chi connectivity index (χ4v) is 5.26. The van der Waals surface area contributed by atoms with Gasteiger partial charge in [0.25, 0.3) is 5.56 Å². The van der Waals surface area contributed by atoms with E-state index < -0.39 is 0 Å². The first-order valence-corrected chi connectivity index (χ1v) is 12.2. The number of phenols is 1. The molecule has 0 unspecified atom stereocenters. The molecule has 1 saturated carbocycles. The van der Waals surface area contributed by atoms with Gasteiger partial charge in [-0.1, -0.05) is 30.3 Å². The number of aromatic nitrogens is 2. The Labute approximate surface area is 199 Å². The van der Waals surface area contributed by atoms with Gasteiger partial charge in [-0.3, -0.25) is 14.7 Å². The molecule has 2 aromatic carbocycles. The predicted octanol–water partition coefficient (Wildman–Crippen LogP) is 5.05. The zero-order valence-corrected chi connectivity index (χ0v) is 19.5. The van der Waals surface area contributed by atoms with E-state index in [-0.39, 0.29) is 5.56 Å². The minimum absolute atomic E-state index is 0.125. The van der Waals surface area contributed by atoms with Gasteiger partial charge in [-0.15, -0.1) is 0 Å². The predicted molar refractivity (Wildman–Crippen MR) is 135 cm³/mol. The van der Waals surface area contributed by atoms with Gasteiger partial charge in [0.2, 0.25) is 0 Å². The molecule has 4 aromatic rings. The molecule has 5 nitrogen and oxygen atoms in total. The number of benzene rings is 2. The highest BCUT2D eigenvalue weighted by Gasteiger charge is 2.28. The van der Waals surface area contributed by atoms with Crippen LogP contribution < -0.4 is 5.56 Å². The van der Waals surface area contributed by atoms with Crippen LogP contribution in [0.1, 0.15) is 35.4 Å². The van der Waals surface area contributed by atoms with Crippen LogP contribution >= 0.6 is 0 Å². The molecule has 5 heteroatoms. The SMILES string of the molecule is Cc1ccc2c(-c3cc4c(n(CC5CC5)c3=O)CCN(Cc3cccc(O)c3)C4)cccc2n1. The van der Waals surface area contributed by atoms with Gasteiger partial charge in [-0.2, -0.15) is 0 Å². The molecule has 1 aliphatic heterocycles. The van der Waals surface area contributed by atoms with Gasteiger partial charge in [0, 0.05) is 54.9 Å². The number of fused-ring (bicyclic) bond motifs is 2. The lowest BCUT2D eigenvalue weighted by atomic mass is 9.96. The van der Waals surface area contributed by atoms with Crippen molar-refractivity contribution >= 4 is 10.9 Å². The minimum atomic E-state index is 0.125. The Kier molecular flexibility index (Phi) is 5.22. The Hall–Kier alpha value is -3.44. The van der Waals surface area contributed by atoms with Crippen LogP contribution in [-0.2, 0) is 26.1 Å². The lowest BCUT2D eigenvalue weighted by Crippen LogP contribution is -2.36. The zero-order chi connectivity index (χ0) is 23.2. The van der Waals surface area contributed by atoms with E-state index in [1.54, 1.807) is 6.07 Å². The zero-order valence-electron chi connectivity index (χ0n) is 19.5. The smallest absolute Gasteiger partial charge is 0.258 e. The molecule has 1 aliphatic carbocycles. The van der Waals surface area contributed by atoms with Crippen molar-refractivity contribution in [1.82, 2.24) is 14.5 Å². The van der Waals surface area contributed by atoms with Crippen LogP contribution in [0.3, 0.4) is 0 Å². The fraction of sp³-hybridized carbons (Fsp3) is 0.310. The molecule has 0 radical (unpaired) electrons. The molecule has 0 spiro atoms. The van der Waals surface area contributed by atoms with Gasteiger partial charge >= 0.3 is 0 Å². The molecule has 0 bridgehead atoms. The Morgan fingerprint density at radius 2 is 1.88 bits per heavy atom. The number of aromatic hydroxyl groups is 1. The van der Waals surface area contributed by atoms with E-state index in [2.05, 4.69) is 38.7 Å². The van der Waals surface area contributed by atoms with Gasteiger partial charge in [-0.05, 0) is 72.7 Å². The van der Waals surface area contributed by atoms with Crippen molar-refractivity contribution in [3.63, 3.8) is 0 Å². The molecule has 0 saturated heterocycles. The molecule has 1 fully saturated rings. The van der Waals surface area contributed by atoms with E-state index in [0.29, 0.717) is 11.7 Å². The molecular formula is C29H29N3O2. The van der Waals surface area contributed by atoms with Crippen molar-refractivity contribution < 1.29 is 5.11 Å². The fourth-order valence-electron chi connectivity index (χ4n) is 5.26. The second-order valence-electron chi connectivity index (χ2n) is 9.84. The molecule has 1 N–H and O–H groups in total. The van der Waals surface area contributed by atoms with Crippen LogP contribution in [0.25, 0.3) is 22.0 Å². The average Bonchev–Trinajstić information content (AvgIpc) is 3.64. The molecule has 2 aromatic heterocycles. The van der Waals surface area contributed by atoms with E-state index >= 15 is 0 Å². The topological polar surface area (TPSA) is 58.4 Å². The second kappa shape index (κ2) is 8.41. The van der Waals surface area contributed by atoms with Gasteiger partial charge < -0.3 is 9.67 Å². The Morgan fingerprint density at radius 1 is 1.03 bits per heavy atom. The summed E-state index contributed by atoms with van der Waals surface area (Å²) in [6, 6.07) is 19.8. The number of nitrogens with zero attached hydrogens (tertiary/aromatic N) is 3. The summed E-state index contributed by atoms with van der Waals surface area (Å²) in [6.45, 7) is 5.30. The summed E-state index contributed by atoms with van der Waals surface area (Å²) in [5.41, 5.74) is 7.30. The lowest BCUT2D eigenvalue weighted by molar-refractivity contribution is 0.239. The van der Waals surface area contributed by atoms with Crippen LogP contribution in [0.15, 0.2) is 65.5 Å². The average molecular weight is 452 g/mol. The summed E-state index contributed by atoms with van der Waals surface area (Å²) in [7, 11) is 0. The van der Waals surface area contributed by atoms with Crippen LogP contribution in [0.2, 0.25) is 0 Å². The van der Waals surface area contributed by atoms with E-state index in [4.69, 9.17) is 0 Å². The first-order valence-electron chi connectivity index (χ1n) is 12.2. The van der Waals surface area contributed by atoms with Crippen molar-refractivity contribution in [2.75, 3.05) is 6.54 Å². The monoisotopic (exact) mass is 451 g/mol. The molecule has 3 heterocycles. The number of rotatable bonds is 5. The third kappa shape index (κ3) is 4.01. The lowest BCUT2D eigenvalue weighted by Gasteiger charge is -2.31. The number of pyridine rings is 2. The number of phenolic OH excluding ortho intramolecular Hbond substituents is 1. The van der Waals surface area contributed by atoms with Crippen molar-refractivity contribution in [3.05, 3.63) is 93.5 Å². The Balaban J connectivity index is 1.44. The van der Waals surface area contributed by atoms with Crippen LogP contribution in [0, 0.1) is 12.8 Å². The Bertz CT molecular complexity index is 1450. The van der Waals surface area contributed by atoms with Gasteiger partial charge in [0.1, 0.15) is 5.75 Å². The van der Waals surface area contributed by atoms with E-state index in [9.17, 15) is 9.90 Å². The normalized spacial score (nSPS) is 16.0. The maximum absolute atomic E-state index is 13.8. The highest BCUT2D eigenvalue weighted by molar-refractivity contribution is 5.94. The Morgan fingerprint density at radius 3 is 2.71 bits per heavy atom. The third-order valence-electron chi connectivity index (χ3n) is 7.17. The summed E-state index contributed by atoms with van der Waals surface area (Å²) in [6.07, 6.45) is 3.30. The number of hydrogen-bond acceptors (Lipinski definition) is 4. The quantitative estimate of drug-likeness (QED) is 0.462. The molecular weight excluding hydrogens is 422 g/mol. The van der Waals surface area contributed by atoms with Gasteiger partial charge in [-0.25, -0.2) is 0 Å². The molecule has 172 valence electrons. The third-order valence-corrected chi connectivity index (χ3v) is 7.17. The maximum Gasteiger partial charge on any atom is 0.258 e. The van der Waals surface area contributed by atoms with E-state index in [0.717, 1.165) is 65.9 Å². The first-order chi connectivity index (χ1) is 16.5. The highest BCUT2D eigenvalue weighted by Crippen LogP contribution is 2.33. The van der Waals surface area contributed by atoms with Crippen LogP contribution in [-0.4, -0.2) is 26.1 Å². The highest BCUT2D eigenvalue weighted by atomic mass is 16.3. The largest absolute Gasteiger partial charge is 0.508 e. The summed E-state index contributed by atoms with van der Waals surface area (Å²) in [5, 5.41) is 10.9. The van der Waals surface area contributed by atoms with Crippen LogP contribution in [0.4, 0.5) is 0 Å². The molecule has 34 heavy (non-hydrogen) atoms. The minimum Gasteiger partial charge on any atom is -0.508 e. The van der Waals surface area contributed by atoms with E-state index in [1.807, 2.05) is 37.3 Å². The summed E-state index contributed by atoms with van der Waals surface area (Å²) < 4.78 is 2.08. The summed E-state index contributed by atoms with van der Waals surface area (Å²) in [5.74, 6) is 0.925. The molecule has 6 rings (SSSR count). The number of aryl methyl sites for hydroxylation is 1. The van der Waals surface area contributed by atoms with Crippen LogP contribution in [0.5, 0.6) is 5.75 Å². The molecule has 2 aliphatic rings. The van der Waals surface area contributed by atoms with E-state index in [1.165, 1.54) is 24.1 Å². The number of hydrogen-bond donors (Lipinski definition) is 1. The molecule has 0 atom stereocenters. The standard InChI is InChI=1S/C29H29N3O2/c1-19-8-11-25-24(6-3-7-27(25)30-19)26-15-22-18-31(16-21-4-2-5-23(33)14-21)13-12-28(22)32(29(26)34)17-20-9-10-20/h2-8,11,14-15,20,33H,9-10,12-13,16-18H2,1H3. The van der Waals surface area contributed by atoms with Gasteiger partial charge in [0.15, 0.2) is 0 Å². The summed E-state index contributed by atoms with van der Waals surface area (Å²) >= 11 is 0. The van der Waals surface area contributed by atoms with Crippen molar-refractivity contribution in [2.24, 2.45) is 5.92 Å². The van der Waals surface area contributed by atoms with Gasteiger partial charge in [0.05, 0.1) is 5.52 Å². The summed E-state index contributed by atoms with van der Waals surface area (Å²) in [4.78, 5) is 20.9.